The maximum Gasteiger partial charge on any atom is 0.227 e. The lowest BCUT2D eigenvalue weighted by Gasteiger charge is -2.30. The number of thiophene rings is 1. The van der Waals surface area contributed by atoms with Gasteiger partial charge in [0.1, 0.15) is 0 Å². The van der Waals surface area contributed by atoms with Gasteiger partial charge in [-0.15, -0.1) is 11.3 Å². The number of rotatable bonds is 5. The number of hydrogen-bond donors (Lipinski definition) is 3. The molecule has 0 aliphatic carbocycles. The van der Waals surface area contributed by atoms with Gasteiger partial charge in [0, 0.05) is 30.9 Å². The molecular weight excluding hydrogens is 334 g/mol. The van der Waals surface area contributed by atoms with E-state index in [9.17, 15) is 0 Å². The highest BCUT2D eigenvalue weighted by molar-refractivity contribution is 7.17. The fourth-order valence-electron chi connectivity index (χ4n) is 3.12. The Morgan fingerprint density at radius 3 is 3.00 bits per heavy atom. The van der Waals surface area contributed by atoms with Crippen LogP contribution in [0.4, 0.5) is 17.6 Å². The molecule has 0 spiro atoms. The predicted octanol–water partition coefficient (Wildman–Crippen LogP) is 3.04. The number of nitrogens with zero attached hydrogens (tertiary/aromatic N) is 4. The Morgan fingerprint density at radius 1 is 1.36 bits per heavy atom. The average molecular weight is 357 g/mol. The minimum absolute atomic E-state index is 0.291. The van der Waals surface area contributed by atoms with Crippen LogP contribution < -0.4 is 16.0 Å². The molecule has 4 N–H and O–H groups in total. The standard InChI is InChI=1S/C17H23N7S/c1-2-3-12-10-14(23-22-12)20-16-15-13(6-9-25-15)19-17(21-16)24-7-4-11(18)5-8-24/h6,9-11H,2-5,7-8,18H2,1H3,(H2,19,20,21,22,23). The van der Waals surface area contributed by atoms with Gasteiger partial charge in [0.05, 0.1) is 10.2 Å². The van der Waals surface area contributed by atoms with Gasteiger partial charge in [0.2, 0.25) is 5.95 Å². The second-order valence-electron chi connectivity index (χ2n) is 6.49. The number of aryl methyl sites for hydroxylation is 1. The highest BCUT2D eigenvalue weighted by Gasteiger charge is 2.20. The van der Waals surface area contributed by atoms with Gasteiger partial charge < -0.3 is 16.0 Å². The lowest BCUT2D eigenvalue weighted by atomic mass is 10.1. The Balaban J connectivity index is 1.63. The summed E-state index contributed by atoms with van der Waals surface area (Å²) >= 11 is 1.64. The number of H-pyrrole nitrogens is 1. The van der Waals surface area contributed by atoms with E-state index in [-0.39, 0.29) is 0 Å². The summed E-state index contributed by atoms with van der Waals surface area (Å²) in [7, 11) is 0. The summed E-state index contributed by atoms with van der Waals surface area (Å²) in [5.41, 5.74) is 8.12. The number of aromatic amines is 1. The number of anilines is 3. The molecule has 7 nitrogen and oxygen atoms in total. The summed E-state index contributed by atoms with van der Waals surface area (Å²) in [6.07, 6.45) is 4.04. The van der Waals surface area contributed by atoms with Crippen LogP contribution in [0.5, 0.6) is 0 Å². The van der Waals surface area contributed by atoms with E-state index in [1.54, 1.807) is 11.3 Å². The molecular formula is C17H23N7S. The van der Waals surface area contributed by atoms with Crippen molar-refractivity contribution in [3.05, 3.63) is 23.2 Å². The number of nitrogens with one attached hydrogen (secondary N) is 2. The zero-order valence-corrected chi connectivity index (χ0v) is 15.1. The highest BCUT2D eigenvalue weighted by atomic mass is 32.1. The number of piperidine rings is 1. The average Bonchev–Trinajstić information content (AvgIpc) is 3.25. The topological polar surface area (TPSA) is 95.8 Å². The Bertz CT molecular complexity index is 848. The summed E-state index contributed by atoms with van der Waals surface area (Å²) in [4.78, 5) is 11.7. The highest BCUT2D eigenvalue weighted by Crippen LogP contribution is 2.30. The fourth-order valence-corrected chi connectivity index (χ4v) is 3.90. The predicted molar refractivity (Wildman–Crippen MR) is 103 cm³/mol. The maximum absolute atomic E-state index is 6.02. The van der Waals surface area contributed by atoms with Gasteiger partial charge in [-0.25, -0.2) is 4.98 Å². The molecule has 8 heteroatoms. The van der Waals surface area contributed by atoms with Gasteiger partial charge >= 0.3 is 0 Å². The van der Waals surface area contributed by atoms with E-state index in [1.165, 1.54) is 0 Å². The van der Waals surface area contributed by atoms with Gasteiger partial charge in [-0.05, 0) is 30.7 Å². The molecule has 0 bridgehead atoms. The summed E-state index contributed by atoms with van der Waals surface area (Å²) in [5.74, 6) is 2.38. The molecule has 4 heterocycles. The van der Waals surface area contributed by atoms with Crippen molar-refractivity contribution < 1.29 is 0 Å². The molecule has 3 aromatic rings. The van der Waals surface area contributed by atoms with Crippen LogP contribution in [0.2, 0.25) is 0 Å². The van der Waals surface area contributed by atoms with Crippen LogP contribution in [0, 0.1) is 0 Å². The van der Waals surface area contributed by atoms with Gasteiger partial charge in [0.25, 0.3) is 0 Å². The first-order chi connectivity index (χ1) is 12.2. The van der Waals surface area contributed by atoms with Crippen molar-refractivity contribution in [3.63, 3.8) is 0 Å². The van der Waals surface area contributed by atoms with Crippen molar-refractivity contribution in [2.75, 3.05) is 23.3 Å². The van der Waals surface area contributed by atoms with Crippen molar-refractivity contribution in [3.8, 4) is 0 Å². The SMILES string of the molecule is CCCc1cc(Nc2nc(N3CCC(N)CC3)nc3ccsc23)n[nH]1. The lowest BCUT2D eigenvalue weighted by Crippen LogP contribution is -2.40. The van der Waals surface area contributed by atoms with Crippen molar-refractivity contribution in [2.24, 2.45) is 5.73 Å². The normalized spacial score (nSPS) is 15.8. The Labute approximate surface area is 150 Å². The smallest absolute Gasteiger partial charge is 0.227 e. The van der Waals surface area contributed by atoms with Crippen LogP contribution in [0.25, 0.3) is 10.2 Å². The summed E-state index contributed by atoms with van der Waals surface area (Å²) in [6, 6.07) is 4.38. The number of hydrogen-bond acceptors (Lipinski definition) is 7. The van der Waals surface area contributed by atoms with Crippen LogP contribution in [-0.2, 0) is 6.42 Å². The third-order valence-electron chi connectivity index (χ3n) is 4.51. The number of fused-ring (bicyclic) bond motifs is 1. The third-order valence-corrected chi connectivity index (χ3v) is 5.42. The monoisotopic (exact) mass is 357 g/mol. The molecule has 1 aliphatic heterocycles. The first kappa shape index (κ1) is 16.3. The molecule has 1 fully saturated rings. The molecule has 0 saturated carbocycles. The first-order valence-electron chi connectivity index (χ1n) is 8.80. The molecule has 25 heavy (non-hydrogen) atoms. The Morgan fingerprint density at radius 2 is 2.20 bits per heavy atom. The van der Waals surface area contributed by atoms with Crippen LogP contribution in [0.1, 0.15) is 31.9 Å². The number of aromatic nitrogens is 4. The second-order valence-corrected chi connectivity index (χ2v) is 7.40. The molecule has 1 saturated heterocycles. The summed E-state index contributed by atoms with van der Waals surface area (Å²) in [5, 5.41) is 12.8. The second kappa shape index (κ2) is 6.97. The van der Waals surface area contributed by atoms with E-state index < -0.39 is 0 Å². The van der Waals surface area contributed by atoms with Crippen LogP contribution in [-0.4, -0.2) is 39.3 Å². The van der Waals surface area contributed by atoms with Gasteiger partial charge in [-0.2, -0.15) is 10.1 Å². The largest absolute Gasteiger partial charge is 0.341 e. The molecule has 132 valence electrons. The van der Waals surface area contributed by atoms with E-state index in [1.807, 2.05) is 17.5 Å². The maximum atomic E-state index is 6.02. The molecule has 0 radical (unpaired) electrons. The number of nitrogens with two attached hydrogens (primary N) is 1. The molecule has 0 aromatic carbocycles. The molecule has 0 atom stereocenters. The van der Waals surface area contributed by atoms with Crippen LogP contribution in [0.3, 0.4) is 0 Å². The zero-order chi connectivity index (χ0) is 17.2. The minimum atomic E-state index is 0.291. The molecule has 4 rings (SSSR count). The lowest BCUT2D eigenvalue weighted by molar-refractivity contribution is 0.496. The van der Waals surface area contributed by atoms with Crippen molar-refractivity contribution in [1.29, 1.82) is 0 Å². The quantitative estimate of drug-likeness (QED) is 0.649. The van der Waals surface area contributed by atoms with Crippen molar-refractivity contribution >= 4 is 39.1 Å². The van der Waals surface area contributed by atoms with E-state index in [0.717, 1.165) is 72.3 Å². The van der Waals surface area contributed by atoms with E-state index in [4.69, 9.17) is 15.7 Å². The van der Waals surface area contributed by atoms with Crippen LogP contribution >= 0.6 is 11.3 Å². The van der Waals surface area contributed by atoms with E-state index in [0.29, 0.717) is 6.04 Å². The van der Waals surface area contributed by atoms with E-state index >= 15 is 0 Å². The molecule has 0 amide bonds. The first-order valence-corrected chi connectivity index (χ1v) is 9.68. The van der Waals surface area contributed by atoms with Gasteiger partial charge in [-0.3, -0.25) is 5.10 Å². The van der Waals surface area contributed by atoms with E-state index in [2.05, 4.69) is 27.3 Å². The summed E-state index contributed by atoms with van der Waals surface area (Å²) in [6.45, 7) is 3.96. The van der Waals surface area contributed by atoms with Crippen LogP contribution in [0.15, 0.2) is 17.5 Å². The molecule has 1 aliphatic rings. The molecule has 3 aromatic heterocycles. The Kier molecular flexibility index (Phi) is 4.54. The Hall–Kier alpha value is -2.19. The van der Waals surface area contributed by atoms with Gasteiger partial charge in [0.15, 0.2) is 11.6 Å². The third kappa shape index (κ3) is 3.45. The fraction of sp³-hybridized carbons (Fsp3) is 0.471. The van der Waals surface area contributed by atoms with Crippen molar-refractivity contribution in [1.82, 2.24) is 20.2 Å². The van der Waals surface area contributed by atoms with Gasteiger partial charge in [-0.1, -0.05) is 13.3 Å². The zero-order valence-electron chi connectivity index (χ0n) is 14.3. The summed E-state index contributed by atoms with van der Waals surface area (Å²) < 4.78 is 1.05. The molecule has 0 unspecified atom stereocenters. The minimum Gasteiger partial charge on any atom is -0.341 e. The van der Waals surface area contributed by atoms with Crippen molar-refractivity contribution in [2.45, 2.75) is 38.6 Å².